The maximum Gasteiger partial charge on any atom is 0.223 e. The third-order valence-corrected chi connectivity index (χ3v) is 4.34. The van der Waals surface area contributed by atoms with Crippen LogP contribution in [-0.2, 0) is 9.59 Å². The normalized spacial score (nSPS) is 17.1. The molecule has 2 amide bonds. The molecule has 1 atom stereocenters. The van der Waals surface area contributed by atoms with Crippen molar-refractivity contribution in [2.45, 2.75) is 45.6 Å². The van der Waals surface area contributed by atoms with Gasteiger partial charge in [0.25, 0.3) is 0 Å². The minimum absolute atomic E-state index is 0.0217. The summed E-state index contributed by atoms with van der Waals surface area (Å²) in [5.74, 6) is 0.356. The topological polar surface area (TPSA) is 49.4 Å². The lowest BCUT2D eigenvalue weighted by Crippen LogP contribution is -2.43. The van der Waals surface area contributed by atoms with Crippen molar-refractivity contribution in [2.24, 2.45) is 5.92 Å². The largest absolute Gasteiger partial charge is 0.349 e. The van der Waals surface area contributed by atoms with E-state index in [2.05, 4.69) is 5.32 Å². The Bertz CT molecular complexity index is 493. The van der Waals surface area contributed by atoms with Crippen LogP contribution in [0.2, 0.25) is 0 Å². The minimum atomic E-state index is 0.0217. The standard InChI is InChI=1S/C18H26N2O2/c1-3-7-17(21)20-12-10-16(11-13-20)18(22)19-14(2)15-8-5-4-6-9-15/h4-6,8-9,14,16H,3,7,10-13H2,1-2H3,(H,19,22)/t14-/m1/s1. The van der Waals surface area contributed by atoms with Crippen LogP contribution in [-0.4, -0.2) is 29.8 Å². The van der Waals surface area contributed by atoms with E-state index in [-0.39, 0.29) is 23.8 Å². The first-order chi connectivity index (χ1) is 10.6. The molecule has 120 valence electrons. The Labute approximate surface area is 132 Å². The van der Waals surface area contributed by atoms with Gasteiger partial charge in [0, 0.05) is 25.4 Å². The monoisotopic (exact) mass is 302 g/mol. The molecule has 4 heteroatoms. The summed E-state index contributed by atoms with van der Waals surface area (Å²) in [7, 11) is 0. The Morgan fingerprint density at radius 2 is 1.86 bits per heavy atom. The number of nitrogens with one attached hydrogen (secondary N) is 1. The third-order valence-electron chi connectivity index (χ3n) is 4.34. The molecule has 0 aliphatic carbocycles. The van der Waals surface area contributed by atoms with E-state index in [9.17, 15) is 9.59 Å². The molecule has 2 rings (SSSR count). The molecule has 0 radical (unpaired) electrons. The molecular weight excluding hydrogens is 276 g/mol. The first-order valence-electron chi connectivity index (χ1n) is 8.25. The molecule has 4 nitrogen and oxygen atoms in total. The fraction of sp³-hybridized carbons (Fsp3) is 0.556. The van der Waals surface area contributed by atoms with Crippen LogP contribution in [0.4, 0.5) is 0 Å². The lowest BCUT2D eigenvalue weighted by atomic mass is 9.95. The number of benzene rings is 1. The van der Waals surface area contributed by atoms with Gasteiger partial charge in [-0.3, -0.25) is 9.59 Å². The Morgan fingerprint density at radius 1 is 1.23 bits per heavy atom. The molecule has 1 saturated heterocycles. The molecule has 1 aliphatic heterocycles. The van der Waals surface area contributed by atoms with Crippen LogP contribution in [0, 0.1) is 5.92 Å². The number of rotatable bonds is 5. The molecule has 1 aliphatic rings. The van der Waals surface area contributed by atoms with Crippen molar-refractivity contribution < 1.29 is 9.59 Å². The molecule has 0 unspecified atom stereocenters. The number of carbonyl (C=O) groups excluding carboxylic acids is 2. The highest BCUT2D eigenvalue weighted by atomic mass is 16.2. The lowest BCUT2D eigenvalue weighted by Gasteiger charge is -2.32. The highest BCUT2D eigenvalue weighted by molar-refractivity contribution is 5.80. The van der Waals surface area contributed by atoms with Gasteiger partial charge in [0.05, 0.1) is 6.04 Å². The molecule has 0 aromatic heterocycles. The van der Waals surface area contributed by atoms with Crippen LogP contribution in [0.25, 0.3) is 0 Å². The van der Waals surface area contributed by atoms with Gasteiger partial charge in [-0.1, -0.05) is 37.3 Å². The molecular formula is C18H26N2O2. The van der Waals surface area contributed by atoms with Crippen molar-refractivity contribution >= 4 is 11.8 Å². The minimum Gasteiger partial charge on any atom is -0.349 e. The molecule has 0 bridgehead atoms. The second-order valence-corrected chi connectivity index (χ2v) is 6.05. The Kier molecular flexibility index (Phi) is 5.99. The Balaban J connectivity index is 1.81. The number of carbonyl (C=O) groups is 2. The van der Waals surface area contributed by atoms with Crippen LogP contribution in [0.15, 0.2) is 30.3 Å². The second kappa shape index (κ2) is 7.97. The van der Waals surface area contributed by atoms with Crippen molar-refractivity contribution in [3.8, 4) is 0 Å². The van der Waals surface area contributed by atoms with E-state index in [0.717, 1.165) is 24.8 Å². The third kappa shape index (κ3) is 4.33. The van der Waals surface area contributed by atoms with Crippen LogP contribution in [0.3, 0.4) is 0 Å². The average molecular weight is 302 g/mol. The van der Waals surface area contributed by atoms with Gasteiger partial charge in [0.15, 0.2) is 0 Å². The summed E-state index contributed by atoms with van der Waals surface area (Å²) in [6.07, 6.45) is 3.03. The summed E-state index contributed by atoms with van der Waals surface area (Å²) < 4.78 is 0. The van der Waals surface area contributed by atoms with Crippen LogP contribution in [0.1, 0.15) is 51.1 Å². The van der Waals surface area contributed by atoms with Gasteiger partial charge in [-0.05, 0) is 31.7 Å². The van der Waals surface area contributed by atoms with E-state index in [0.29, 0.717) is 19.5 Å². The molecule has 1 N–H and O–H groups in total. The maximum absolute atomic E-state index is 12.4. The molecule has 0 saturated carbocycles. The van der Waals surface area contributed by atoms with Gasteiger partial charge in [0.1, 0.15) is 0 Å². The van der Waals surface area contributed by atoms with E-state index in [1.807, 2.05) is 49.1 Å². The quantitative estimate of drug-likeness (QED) is 0.909. The van der Waals surface area contributed by atoms with Crippen molar-refractivity contribution in [2.75, 3.05) is 13.1 Å². The smallest absolute Gasteiger partial charge is 0.223 e. The second-order valence-electron chi connectivity index (χ2n) is 6.05. The highest BCUT2D eigenvalue weighted by Gasteiger charge is 2.27. The summed E-state index contributed by atoms with van der Waals surface area (Å²) in [4.78, 5) is 26.1. The van der Waals surface area contributed by atoms with Crippen LogP contribution in [0.5, 0.6) is 0 Å². The SMILES string of the molecule is CCCC(=O)N1CCC(C(=O)N[C@H](C)c2ccccc2)CC1. The molecule has 22 heavy (non-hydrogen) atoms. The van der Waals surface area contributed by atoms with E-state index in [1.54, 1.807) is 0 Å². The molecule has 1 aromatic carbocycles. The first-order valence-corrected chi connectivity index (χ1v) is 8.25. The number of likely N-dealkylation sites (tertiary alicyclic amines) is 1. The molecule has 1 heterocycles. The predicted molar refractivity (Wildman–Crippen MR) is 87.2 cm³/mol. The molecule has 0 spiro atoms. The fourth-order valence-corrected chi connectivity index (χ4v) is 2.92. The van der Waals surface area contributed by atoms with Gasteiger partial charge >= 0.3 is 0 Å². The zero-order chi connectivity index (χ0) is 15.9. The van der Waals surface area contributed by atoms with Crippen molar-refractivity contribution in [3.05, 3.63) is 35.9 Å². The molecule has 1 aromatic rings. The summed E-state index contributed by atoms with van der Waals surface area (Å²) in [5, 5.41) is 3.09. The zero-order valence-electron chi connectivity index (χ0n) is 13.5. The van der Waals surface area contributed by atoms with Gasteiger partial charge in [-0.15, -0.1) is 0 Å². The van der Waals surface area contributed by atoms with Crippen molar-refractivity contribution in [3.63, 3.8) is 0 Å². The van der Waals surface area contributed by atoms with Gasteiger partial charge < -0.3 is 10.2 Å². The Hall–Kier alpha value is -1.84. The zero-order valence-corrected chi connectivity index (χ0v) is 13.5. The fourth-order valence-electron chi connectivity index (χ4n) is 2.92. The average Bonchev–Trinajstić information content (AvgIpc) is 2.56. The highest BCUT2D eigenvalue weighted by Crippen LogP contribution is 2.20. The van der Waals surface area contributed by atoms with Gasteiger partial charge in [-0.25, -0.2) is 0 Å². The van der Waals surface area contributed by atoms with Crippen LogP contribution >= 0.6 is 0 Å². The number of piperidine rings is 1. The molecule has 1 fully saturated rings. The van der Waals surface area contributed by atoms with E-state index < -0.39 is 0 Å². The summed E-state index contributed by atoms with van der Waals surface area (Å²) in [6.45, 7) is 5.43. The summed E-state index contributed by atoms with van der Waals surface area (Å²) in [5.41, 5.74) is 1.12. The Morgan fingerprint density at radius 3 is 2.45 bits per heavy atom. The summed E-state index contributed by atoms with van der Waals surface area (Å²) in [6, 6.07) is 10.0. The first kappa shape index (κ1) is 16.5. The van der Waals surface area contributed by atoms with E-state index in [1.165, 1.54) is 0 Å². The van der Waals surface area contributed by atoms with Crippen LogP contribution < -0.4 is 5.32 Å². The summed E-state index contributed by atoms with van der Waals surface area (Å²) >= 11 is 0. The van der Waals surface area contributed by atoms with Crippen molar-refractivity contribution in [1.29, 1.82) is 0 Å². The maximum atomic E-state index is 12.4. The van der Waals surface area contributed by atoms with E-state index >= 15 is 0 Å². The predicted octanol–water partition coefficient (Wildman–Crippen LogP) is 2.90. The number of nitrogens with zero attached hydrogens (tertiary/aromatic N) is 1. The van der Waals surface area contributed by atoms with Crippen molar-refractivity contribution in [1.82, 2.24) is 10.2 Å². The lowest BCUT2D eigenvalue weighted by molar-refractivity contribution is -0.135. The number of hydrogen-bond donors (Lipinski definition) is 1. The number of hydrogen-bond acceptors (Lipinski definition) is 2. The van der Waals surface area contributed by atoms with E-state index in [4.69, 9.17) is 0 Å². The van der Waals surface area contributed by atoms with Gasteiger partial charge in [-0.2, -0.15) is 0 Å². The number of amides is 2. The van der Waals surface area contributed by atoms with Gasteiger partial charge in [0.2, 0.25) is 11.8 Å².